The summed E-state index contributed by atoms with van der Waals surface area (Å²) in [4.78, 5) is 13.3. The summed E-state index contributed by atoms with van der Waals surface area (Å²) in [6, 6.07) is 1.83. The van der Waals surface area contributed by atoms with Gasteiger partial charge >= 0.3 is 0 Å². The Balaban J connectivity index is 1.68. The van der Waals surface area contributed by atoms with Gasteiger partial charge in [-0.15, -0.1) is 11.3 Å². The molecule has 0 aliphatic heterocycles. The maximum absolute atomic E-state index is 5.46. The number of hydrogen-bond acceptors (Lipinski definition) is 7. The van der Waals surface area contributed by atoms with Crippen molar-refractivity contribution in [3.05, 3.63) is 28.5 Å². The molecule has 1 fully saturated rings. The van der Waals surface area contributed by atoms with Gasteiger partial charge in [-0.05, 0) is 12.8 Å². The average Bonchev–Trinajstić information content (AvgIpc) is 3.19. The molecule has 1 saturated carbocycles. The first-order chi connectivity index (χ1) is 9.76. The minimum Gasteiger partial charge on any atom is -0.369 e. The predicted molar refractivity (Wildman–Crippen MR) is 80.8 cm³/mol. The van der Waals surface area contributed by atoms with E-state index >= 15 is 0 Å². The molecule has 20 heavy (non-hydrogen) atoms. The SMILES string of the molecule is CC(CNc1cc(NN)nc(C2CC2)n1)c1nccs1. The Hall–Kier alpha value is -1.73. The van der Waals surface area contributed by atoms with E-state index in [4.69, 9.17) is 5.84 Å². The van der Waals surface area contributed by atoms with Crippen molar-refractivity contribution in [2.45, 2.75) is 31.6 Å². The van der Waals surface area contributed by atoms with Gasteiger partial charge in [0.1, 0.15) is 17.5 Å². The van der Waals surface area contributed by atoms with Crippen molar-refractivity contribution in [3.63, 3.8) is 0 Å². The quantitative estimate of drug-likeness (QED) is 0.559. The Morgan fingerprint density at radius 1 is 1.40 bits per heavy atom. The van der Waals surface area contributed by atoms with Crippen LogP contribution in [0.15, 0.2) is 17.6 Å². The van der Waals surface area contributed by atoms with Gasteiger partial charge in [-0.1, -0.05) is 6.92 Å². The van der Waals surface area contributed by atoms with E-state index in [9.17, 15) is 0 Å². The zero-order chi connectivity index (χ0) is 13.9. The largest absolute Gasteiger partial charge is 0.369 e. The molecule has 6 nitrogen and oxygen atoms in total. The monoisotopic (exact) mass is 290 g/mol. The maximum atomic E-state index is 5.46. The van der Waals surface area contributed by atoms with Crippen LogP contribution >= 0.6 is 11.3 Å². The molecule has 0 radical (unpaired) electrons. The van der Waals surface area contributed by atoms with Crippen LogP contribution in [0.1, 0.15) is 42.4 Å². The molecule has 106 valence electrons. The molecule has 0 saturated heterocycles. The minimum absolute atomic E-state index is 0.351. The summed E-state index contributed by atoms with van der Waals surface area (Å²) in [5.74, 6) is 8.67. The Morgan fingerprint density at radius 3 is 2.85 bits per heavy atom. The van der Waals surface area contributed by atoms with E-state index in [2.05, 4.69) is 32.6 Å². The van der Waals surface area contributed by atoms with Crippen molar-refractivity contribution in [1.82, 2.24) is 15.0 Å². The van der Waals surface area contributed by atoms with Crippen molar-refractivity contribution in [2.75, 3.05) is 17.3 Å². The first-order valence-electron chi connectivity index (χ1n) is 6.75. The standard InChI is InChI=1S/C13H18N6S/c1-8(13-15-4-5-20-13)7-16-10-6-11(19-14)18-12(17-10)9-2-3-9/h4-6,8-9H,2-3,7,14H2,1H3,(H2,16,17,18,19). The van der Waals surface area contributed by atoms with E-state index in [0.29, 0.717) is 17.7 Å². The topological polar surface area (TPSA) is 88.8 Å². The average molecular weight is 290 g/mol. The van der Waals surface area contributed by atoms with Crippen molar-refractivity contribution >= 4 is 23.0 Å². The number of aromatic nitrogens is 3. The second kappa shape index (κ2) is 5.72. The molecule has 1 unspecified atom stereocenters. The van der Waals surface area contributed by atoms with Crippen LogP contribution in [0.5, 0.6) is 0 Å². The van der Waals surface area contributed by atoms with Gasteiger partial charge in [0, 0.05) is 36.0 Å². The van der Waals surface area contributed by atoms with Crippen LogP contribution in [0.2, 0.25) is 0 Å². The fourth-order valence-corrected chi connectivity index (χ4v) is 2.68. The molecule has 2 heterocycles. The van der Waals surface area contributed by atoms with Gasteiger partial charge in [0.05, 0.1) is 5.01 Å². The van der Waals surface area contributed by atoms with E-state index in [0.717, 1.165) is 23.2 Å². The third-order valence-electron chi connectivity index (χ3n) is 3.30. The lowest BCUT2D eigenvalue weighted by Gasteiger charge is -2.12. The van der Waals surface area contributed by atoms with Gasteiger partial charge < -0.3 is 10.7 Å². The van der Waals surface area contributed by atoms with Crippen LogP contribution in [0, 0.1) is 0 Å². The number of nitrogen functional groups attached to an aromatic ring is 1. The molecule has 1 aliphatic carbocycles. The van der Waals surface area contributed by atoms with Crippen LogP contribution in [-0.4, -0.2) is 21.5 Å². The zero-order valence-electron chi connectivity index (χ0n) is 11.3. The molecule has 4 N–H and O–H groups in total. The number of nitrogens with two attached hydrogens (primary N) is 1. The van der Waals surface area contributed by atoms with Crippen molar-refractivity contribution in [3.8, 4) is 0 Å². The molecule has 0 bridgehead atoms. The fraction of sp³-hybridized carbons (Fsp3) is 0.462. The molecule has 1 atom stereocenters. The van der Waals surface area contributed by atoms with Gasteiger partial charge in [-0.3, -0.25) is 0 Å². The molecular weight excluding hydrogens is 272 g/mol. The highest BCUT2D eigenvalue weighted by Gasteiger charge is 2.27. The van der Waals surface area contributed by atoms with Crippen LogP contribution in [0.4, 0.5) is 11.6 Å². The van der Waals surface area contributed by atoms with Crippen LogP contribution in [-0.2, 0) is 0 Å². The highest BCUT2D eigenvalue weighted by atomic mass is 32.1. The summed E-state index contributed by atoms with van der Waals surface area (Å²) in [5, 5.41) is 6.48. The molecule has 2 aromatic rings. The molecule has 0 amide bonds. The van der Waals surface area contributed by atoms with E-state index in [-0.39, 0.29) is 0 Å². The first kappa shape index (κ1) is 13.3. The number of thiazole rings is 1. The third-order valence-corrected chi connectivity index (χ3v) is 4.30. The van der Waals surface area contributed by atoms with Crippen LogP contribution in [0.25, 0.3) is 0 Å². The number of rotatable bonds is 6. The second-order valence-electron chi connectivity index (χ2n) is 5.07. The fourth-order valence-electron chi connectivity index (χ4n) is 1.98. The highest BCUT2D eigenvalue weighted by Crippen LogP contribution is 2.38. The maximum Gasteiger partial charge on any atom is 0.145 e. The molecule has 0 aromatic carbocycles. The van der Waals surface area contributed by atoms with Crippen LogP contribution in [0.3, 0.4) is 0 Å². The number of hydrogen-bond donors (Lipinski definition) is 3. The first-order valence-corrected chi connectivity index (χ1v) is 7.63. The van der Waals surface area contributed by atoms with E-state index in [1.807, 2.05) is 17.6 Å². The van der Waals surface area contributed by atoms with Gasteiger partial charge in [0.15, 0.2) is 0 Å². The van der Waals surface area contributed by atoms with Gasteiger partial charge in [0.25, 0.3) is 0 Å². The van der Waals surface area contributed by atoms with E-state index < -0.39 is 0 Å². The summed E-state index contributed by atoms with van der Waals surface area (Å²) >= 11 is 1.68. The normalized spacial score (nSPS) is 15.9. The van der Waals surface area contributed by atoms with E-state index in [1.165, 1.54) is 12.8 Å². The predicted octanol–water partition coefficient (Wildman–Crippen LogP) is 2.31. The lowest BCUT2D eigenvalue weighted by Crippen LogP contribution is -2.14. The van der Waals surface area contributed by atoms with Gasteiger partial charge in [-0.25, -0.2) is 20.8 Å². The smallest absolute Gasteiger partial charge is 0.145 e. The summed E-state index contributed by atoms with van der Waals surface area (Å²) in [6.45, 7) is 2.94. The second-order valence-corrected chi connectivity index (χ2v) is 5.99. The zero-order valence-corrected chi connectivity index (χ0v) is 12.2. The lowest BCUT2D eigenvalue weighted by molar-refractivity contribution is 0.788. The van der Waals surface area contributed by atoms with Crippen molar-refractivity contribution in [2.24, 2.45) is 5.84 Å². The van der Waals surface area contributed by atoms with Crippen molar-refractivity contribution < 1.29 is 0 Å². The van der Waals surface area contributed by atoms with Gasteiger partial charge in [-0.2, -0.15) is 0 Å². The molecule has 1 aliphatic rings. The highest BCUT2D eigenvalue weighted by molar-refractivity contribution is 7.09. The lowest BCUT2D eigenvalue weighted by atomic mass is 10.2. The Labute approximate surface area is 121 Å². The third kappa shape index (κ3) is 3.05. The summed E-state index contributed by atoms with van der Waals surface area (Å²) in [5.41, 5.74) is 2.60. The molecule has 7 heteroatoms. The van der Waals surface area contributed by atoms with Crippen molar-refractivity contribution in [1.29, 1.82) is 0 Å². The summed E-state index contributed by atoms with van der Waals surface area (Å²) in [7, 11) is 0. The Bertz CT molecular complexity index is 566. The Kier molecular flexibility index (Phi) is 3.79. The molecule has 3 rings (SSSR count). The summed E-state index contributed by atoms with van der Waals surface area (Å²) in [6.07, 6.45) is 4.18. The van der Waals surface area contributed by atoms with E-state index in [1.54, 1.807) is 11.3 Å². The molecule has 0 spiro atoms. The molecule has 2 aromatic heterocycles. The summed E-state index contributed by atoms with van der Waals surface area (Å²) < 4.78 is 0. The van der Waals surface area contributed by atoms with Crippen LogP contribution < -0.4 is 16.6 Å². The number of nitrogens with one attached hydrogen (secondary N) is 2. The van der Waals surface area contributed by atoms with Gasteiger partial charge in [0.2, 0.25) is 0 Å². The minimum atomic E-state index is 0.351. The molecular formula is C13H18N6S. The number of anilines is 2. The Morgan fingerprint density at radius 2 is 2.20 bits per heavy atom. The number of nitrogens with zero attached hydrogens (tertiary/aromatic N) is 3. The number of hydrazine groups is 1.